The van der Waals surface area contributed by atoms with Gasteiger partial charge in [0.15, 0.2) is 0 Å². The Morgan fingerprint density at radius 1 is 1.44 bits per heavy atom. The second-order valence-electron chi connectivity index (χ2n) is 4.12. The van der Waals surface area contributed by atoms with Crippen molar-refractivity contribution >= 4 is 5.88 Å². The minimum atomic E-state index is -0.525. The largest absolute Gasteiger partial charge is 0.433 e. The molecule has 1 aromatic heterocycles. The molecular weight excluding hydrogens is 208 g/mol. The molecule has 0 saturated heterocycles. The fourth-order valence-electron chi connectivity index (χ4n) is 1.36. The van der Waals surface area contributed by atoms with Gasteiger partial charge in [0.25, 0.3) is 0 Å². The minimum Gasteiger partial charge on any atom is -0.404 e. The maximum atomic E-state index is 10.4. The van der Waals surface area contributed by atoms with E-state index < -0.39 is 4.92 Å². The second kappa shape index (κ2) is 5.12. The monoisotopic (exact) mass is 226 g/mol. The number of nitrogens with one attached hydrogen (secondary N) is 1. The van der Waals surface area contributed by atoms with Gasteiger partial charge in [-0.25, -0.2) is 0 Å². The molecule has 0 aliphatic rings. The zero-order valence-electron chi connectivity index (χ0n) is 9.95. The quantitative estimate of drug-likeness (QED) is 0.598. The van der Waals surface area contributed by atoms with Crippen LogP contribution in [-0.2, 0) is 6.54 Å². The van der Waals surface area contributed by atoms with Crippen LogP contribution in [0.15, 0.2) is 16.5 Å². The molecule has 0 bridgehead atoms. The van der Waals surface area contributed by atoms with E-state index in [0.717, 1.165) is 12.8 Å². The lowest BCUT2D eigenvalue weighted by molar-refractivity contribution is -0.402. The fraction of sp³-hybridized carbons (Fsp3) is 0.636. The first-order chi connectivity index (χ1) is 7.50. The molecule has 0 aromatic carbocycles. The summed E-state index contributed by atoms with van der Waals surface area (Å²) in [5.41, 5.74) is 0.0571. The highest BCUT2D eigenvalue weighted by Crippen LogP contribution is 2.18. The fourth-order valence-corrected chi connectivity index (χ4v) is 1.36. The van der Waals surface area contributed by atoms with E-state index in [0.29, 0.717) is 12.3 Å². The molecule has 0 aliphatic heterocycles. The first-order valence-electron chi connectivity index (χ1n) is 5.49. The van der Waals surface area contributed by atoms with Crippen LogP contribution >= 0.6 is 0 Å². The summed E-state index contributed by atoms with van der Waals surface area (Å²) in [6.07, 6.45) is 2.01. The van der Waals surface area contributed by atoms with E-state index in [2.05, 4.69) is 26.1 Å². The topological polar surface area (TPSA) is 68.3 Å². The summed E-state index contributed by atoms with van der Waals surface area (Å²) in [4.78, 5) is 9.89. The standard InChI is InChI=1S/C11H18N2O3/c1-4-11(3,5-2)12-8-9-6-7-10(16-9)13(14)15/h6-7,12H,4-5,8H2,1-3H3. The van der Waals surface area contributed by atoms with Gasteiger partial charge in [-0.05, 0) is 25.8 Å². The van der Waals surface area contributed by atoms with Crippen molar-refractivity contribution in [3.05, 3.63) is 28.0 Å². The molecular formula is C11H18N2O3. The number of furan rings is 1. The van der Waals surface area contributed by atoms with E-state index in [1.54, 1.807) is 6.07 Å². The van der Waals surface area contributed by atoms with Gasteiger partial charge in [-0.3, -0.25) is 10.1 Å². The van der Waals surface area contributed by atoms with Gasteiger partial charge in [-0.1, -0.05) is 13.8 Å². The van der Waals surface area contributed by atoms with Crippen molar-refractivity contribution in [1.82, 2.24) is 5.32 Å². The molecule has 5 heteroatoms. The third-order valence-electron chi connectivity index (χ3n) is 3.08. The first kappa shape index (κ1) is 12.7. The van der Waals surface area contributed by atoms with Gasteiger partial charge < -0.3 is 9.73 Å². The minimum absolute atomic E-state index is 0.0571. The van der Waals surface area contributed by atoms with Crippen molar-refractivity contribution in [3.8, 4) is 0 Å². The molecule has 0 radical (unpaired) electrons. The molecule has 1 heterocycles. The van der Waals surface area contributed by atoms with Gasteiger partial charge in [0.05, 0.1) is 12.6 Å². The number of nitrogens with zero attached hydrogens (tertiary/aromatic N) is 1. The molecule has 90 valence electrons. The lowest BCUT2D eigenvalue weighted by Crippen LogP contribution is -2.40. The van der Waals surface area contributed by atoms with Crippen LogP contribution in [0.4, 0.5) is 5.88 Å². The molecule has 5 nitrogen and oxygen atoms in total. The average Bonchev–Trinajstić information content (AvgIpc) is 2.75. The molecule has 0 atom stereocenters. The normalized spacial score (nSPS) is 11.7. The Kier molecular flexibility index (Phi) is 4.06. The Morgan fingerprint density at radius 3 is 2.50 bits per heavy atom. The summed E-state index contributed by atoms with van der Waals surface area (Å²) in [7, 11) is 0. The lowest BCUT2D eigenvalue weighted by Gasteiger charge is -2.27. The molecule has 1 rings (SSSR count). The van der Waals surface area contributed by atoms with Crippen LogP contribution < -0.4 is 5.32 Å². The molecule has 0 spiro atoms. The highest BCUT2D eigenvalue weighted by Gasteiger charge is 2.19. The van der Waals surface area contributed by atoms with Crippen molar-refractivity contribution in [2.75, 3.05) is 0 Å². The molecule has 0 saturated carbocycles. The molecule has 1 aromatic rings. The summed E-state index contributed by atoms with van der Waals surface area (Å²) in [6.45, 7) is 6.87. The van der Waals surface area contributed by atoms with Gasteiger partial charge in [0.1, 0.15) is 10.7 Å². The van der Waals surface area contributed by atoms with E-state index in [4.69, 9.17) is 4.42 Å². The van der Waals surface area contributed by atoms with Crippen LogP contribution in [-0.4, -0.2) is 10.5 Å². The van der Waals surface area contributed by atoms with Crippen molar-refractivity contribution < 1.29 is 9.34 Å². The molecule has 16 heavy (non-hydrogen) atoms. The molecule has 0 amide bonds. The highest BCUT2D eigenvalue weighted by molar-refractivity contribution is 5.17. The van der Waals surface area contributed by atoms with Crippen molar-refractivity contribution in [2.24, 2.45) is 0 Å². The number of hydrogen-bond acceptors (Lipinski definition) is 4. The Hall–Kier alpha value is -1.36. The summed E-state index contributed by atoms with van der Waals surface area (Å²) < 4.78 is 5.07. The van der Waals surface area contributed by atoms with Crippen LogP contribution in [0, 0.1) is 10.1 Å². The number of hydrogen-bond donors (Lipinski definition) is 1. The Labute approximate surface area is 95.0 Å². The Morgan fingerprint density at radius 2 is 2.06 bits per heavy atom. The summed E-state index contributed by atoms with van der Waals surface area (Å²) in [5, 5.41) is 13.8. The maximum absolute atomic E-state index is 10.4. The number of nitro groups is 1. The molecule has 0 fully saturated rings. The summed E-state index contributed by atoms with van der Waals surface area (Å²) >= 11 is 0. The molecule has 0 unspecified atom stereocenters. The zero-order valence-corrected chi connectivity index (χ0v) is 9.95. The van der Waals surface area contributed by atoms with Crippen molar-refractivity contribution in [2.45, 2.75) is 45.7 Å². The second-order valence-corrected chi connectivity index (χ2v) is 4.12. The average molecular weight is 226 g/mol. The third kappa shape index (κ3) is 3.06. The first-order valence-corrected chi connectivity index (χ1v) is 5.49. The van der Waals surface area contributed by atoms with Crippen molar-refractivity contribution in [1.29, 1.82) is 0 Å². The van der Waals surface area contributed by atoms with Gasteiger partial charge in [-0.15, -0.1) is 0 Å². The van der Waals surface area contributed by atoms with Crippen LogP contribution in [0.1, 0.15) is 39.4 Å². The van der Waals surface area contributed by atoms with E-state index in [-0.39, 0.29) is 11.4 Å². The van der Waals surface area contributed by atoms with Gasteiger partial charge in [0, 0.05) is 5.54 Å². The van der Waals surface area contributed by atoms with Crippen LogP contribution in [0.5, 0.6) is 0 Å². The number of rotatable bonds is 6. The van der Waals surface area contributed by atoms with Gasteiger partial charge in [0.2, 0.25) is 0 Å². The Balaban J connectivity index is 2.57. The van der Waals surface area contributed by atoms with Gasteiger partial charge in [-0.2, -0.15) is 0 Å². The maximum Gasteiger partial charge on any atom is 0.433 e. The predicted octanol–water partition coefficient (Wildman–Crippen LogP) is 2.86. The van der Waals surface area contributed by atoms with Crippen molar-refractivity contribution in [3.63, 3.8) is 0 Å². The smallest absolute Gasteiger partial charge is 0.404 e. The van der Waals surface area contributed by atoms with Crippen LogP contribution in [0.3, 0.4) is 0 Å². The highest BCUT2D eigenvalue weighted by atomic mass is 16.6. The van der Waals surface area contributed by atoms with Gasteiger partial charge >= 0.3 is 5.88 Å². The van der Waals surface area contributed by atoms with E-state index in [1.165, 1.54) is 6.07 Å². The SMILES string of the molecule is CCC(C)(CC)NCc1ccc([N+](=O)[O-])o1. The van der Waals surface area contributed by atoms with Crippen LogP contribution in [0.2, 0.25) is 0 Å². The summed E-state index contributed by atoms with van der Waals surface area (Å²) in [5.74, 6) is 0.395. The predicted molar refractivity (Wildman–Crippen MR) is 61.2 cm³/mol. The Bertz CT molecular complexity index is 356. The van der Waals surface area contributed by atoms with E-state index >= 15 is 0 Å². The van der Waals surface area contributed by atoms with E-state index in [9.17, 15) is 10.1 Å². The van der Waals surface area contributed by atoms with E-state index in [1.807, 2.05) is 0 Å². The third-order valence-corrected chi connectivity index (χ3v) is 3.08. The zero-order chi connectivity index (χ0) is 12.2. The summed E-state index contributed by atoms with van der Waals surface area (Å²) in [6, 6.07) is 3.02. The lowest BCUT2D eigenvalue weighted by atomic mass is 9.95. The van der Waals surface area contributed by atoms with Crippen LogP contribution in [0.25, 0.3) is 0 Å². The molecule has 0 aliphatic carbocycles. The molecule has 1 N–H and O–H groups in total.